The molecule has 21 heavy (non-hydrogen) atoms. The highest BCUT2D eigenvalue weighted by molar-refractivity contribution is 14.1. The Morgan fingerprint density at radius 3 is 2.86 bits per heavy atom. The van der Waals surface area contributed by atoms with Gasteiger partial charge in [-0.1, -0.05) is 29.8 Å². The molecule has 0 bridgehead atoms. The monoisotopic (exact) mass is 465 g/mol. The second-order valence-corrected chi connectivity index (χ2v) is 7.60. The molecule has 1 aromatic carbocycles. The molecule has 5 heteroatoms. The Labute approximate surface area is 148 Å². The van der Waals surface area contributed by atoms with E-state index in [0.29, 0.717) is 0 Å². The molecule has 0 aliphatic carbocycles. The van der Waals surface area contributed by atoms with Gasteiger partial charge >= 0.3 is 0 Å². The minimum Gasteiger partial charge on any atom is -0.375 e. The van der Waals surface area contributed by atoms with Crippen LogP contribution in [0, 0.1) is 3.57 Å². The topological polar surface area (TPSA) is 38.3 Å². The highest BCUT2D eigenvalue weighted by Gasteiger charge is 2.35. The van der Waals surface area contributed by atoms with Crippen LogP contribution in [-0.2, 0) is 4.74 Å². The first-order chi connectivity index (χ1) is 9.99. The van der Waals surface area contributed by atoms with E-state index in [1.54, 1.807) is 0 Å². The first-order valence-corrected chi connectivity index (χ1v) is 9.26. The summed E-state index contributed by atoms with van der Waals surface area (Å²) in [5.41, 5.74) is 0.663. The summed E-state index contributed by atoms with van der Waals surface area (Å²) in [5.74, 6) is 0.00806. The molecule has 1 aromatic rings. The van der Waals surface area contributed by atoms with Gasteiger partial charge in [0.2, 0.25) is 0 Å². The SMILES string of the molecule is CCC1(CC)CC(NC(=O)c2cc(Br)ccc2I)CCO1. The summed E-state index contributed by atoms with van der Waals surface area (Å²) in [6.45, 7) is 5.04. The highest BCUT2D eigenvalue weighted by atomic mass is 127. The molecule has 116 valence electrons. The van der Waals surface area contributed by atoms with Crippen LogP contribution in [0.3, 0.4) is 0 Å². The summed E-state index contributed by atoms with van der Waals surface area (Å²) in [6, 6.07) is 5.97. The molecule has 2 rings (SSSR count). The molecule has 1 heterocycles. The van der Waals surface area contributed by atoms with Crippen molar-refractivity contribution in [2.24, 2.45) is 0 Å². The molecular weight excluding hydrogens is 445 g/mol. The lowest BCUT2D eigenvalue weighted by molar-refractivity contribution is -0.0917. The molecule has 1 aliphatic rings. The zero-order valence-electron chi connectivity index (χ0n) is 12.4. The van der Waals surface area contributed by atoms with Crippen LogP contribution >= 0.6 is 38.5 Å². The maximum absolute atomic E-state index is 12.5. The lowest BCUT2D eigenvalue weighted by Gasteiger charge is -2.40. The summed E-state index contributed by atoms with van der Waals surface area (Å²) in [5, 5.41) is 3.18. The van der Waals surface area contributed by atoms with Crippen molar-refractivity contribution in [2.75, 3.05) is 6.61 Å². The number of benzene rings is 1. The molecule has 0 spiro atoms. The molecule has 1 unspecified atom stereocenters. The van der Waals surface area contributed by atoms with Gasteiger partial charge in [-0.05, 0) is 66.5 Å². The van der Waals surface area contributed by atoms with Crippen LogP contribution in [0.15, 0.2) is 22.7 Å². The quantitative estimate of drug-likeness (QED) is 0.664. The van der Waals surface area contributed by atoms with Crippen molar-refractivity contribution < 1.29 is 9.53 Å². The third kappa shape index (κ3) is 4.20. The normalized spacial score (nSPS) is 21.0. The lowest BCUT2D eigenvalue weighted by atomic mass is 9.86. The van der Waals surface area contributed by atoms with Gasteiger partial charge in [-0.3, -0.25) is 4.79 Å². The van der Waals surface area contributed by atoms with Crippen LogP contribution in [0.25, 0.3) is 0 Å². The lowest BCUT2D eigenvalue weighted by Crippen LogP contribution is -2.48. The van der Waals surface area contributed by atoms with Gasteiger partial charge < -0.3 is 10.1 Å². The number of rotatable bonds is 4. The maximum atomic E-state index is 12.5. The van der Waals surface area contributed by atoms with E-state index in [9.17, 15) is 4.79 Å². The average Bonchev–Trinajstić information content (AvgIpc) is 2.49. The summed E-state index contributed by atoms with van der Waals surface area (Å²) >= 11 is 5.63. The number of nitrogens with one attached hydrogen (secondary N) is 1. The van der Waals surface area contributed by atoms with E-state index in [-0.39, 0.29) is 17.6 Å². The first-order valence-electron chi connectivity index (χ1n) is 7.39. The smallest absolute Gasteiger partial charge is 0.252 e. The molecule has 3 nitrogen and oxygen atoms in total. The average molecular weight is 466 g/mol. The van der Waals surface area contributed by atoms with Gasteiger partial charge in [0.15, 0.2) is 0 Å². The fourth-order valence-corrected chi connectivity index (χ4v) is 3.77. The zero-order valence-corrected chi connectivity index (χ0v) is 16.2. The minimum absolute atomic E-state index is 0.00806. The summed E-state index contributed by atoms with van der Waals surface area (Å²) in [7, 11) is 0. The Morgan fingerprint density at radius 1 is 1.48 bits per heavy atom. The number of halogens is 2. The van der Waals surface area contributed by atoms with Gasteiger partial charge in [-0.2, -0.15) is 0 Å². The van der Waals surface area contributed by atoms with Crippen LogP contribution in [0.4, 0.5) is 0 Å². The predicted molar refractivity (Wildman–Crippen MR) is 96.6 cm³/mol. The second-order valence-electron chi connectivity index (χ2n) is 5.53. The zero-order chi connectivity index (χ0) is 15.5. The summed E-state index contributed by atoms with van der Waals surface area (Å²) < 4.78 is 7.86. The van der Waals surface area contributed by atoms with E-state index in [4.69, 9.17) is 4.74 Å². The largest absolute Gasteiger partial charge is 0.375 e. The van der Waals surface area contributed by atoms with E-state index in [1.165, 1.54) is 0 Å². The van der Waals surface area contributed by atoms with Crippen molar-refractivity contribution in [3.63, 3.8) is 0 Å². The van der Waals surface area contributed by atoms with Crippen molar-refractivity contribution in [3.8, 4) is 0 Å². The summed E-state index contributed by atoms with van der Waals surface area (Å²) in [4.78, 5) is 12.5. The van der Waals surface area contributed by atoms with Crippen LogP contribution in [0.2, 0.25) is 0 Å². The van der Waals surface area contributed by atoms with Crippen LogP contribution < -0.4 is 5.32 Å². The number of carbonyl (C=O) groups is 1. The molecule has 0 aromatic heterocycles. The number of carbonyl (C=O) groups excluding carboxylic acids is 1. The van der Waals surface area contributed by atoms with Crippen molar-refractivity contribution in [3.05, 3.63) is 31.8 Å². The maximum Gasteiger partial charge on any atom is 0.252 e. The van der Waals surface area contributed by atoms with Gasteiger partial charge in [0.25, 0.3) is 5.91 Å². The van der Waals surface area contributed by atoms with Crippen molar-refractivity contribution in [1.29, 1.82) is 0 Å². The van der Waals surface area contributed by atoms with E-state index >= 15 is 0 Å². The fourth-order valence-electron chi connectivity index (χ4n) is 2.83. The molecule has 0 saturated carbocycles. The number of hydrogen-bond donors (Lipinski definition) is 1. The number of amides is 1. The van der Waals surface area contributed by atoms with E-state index in [0.717, 1.165) is 45.9 Å². The Hall–Kier alpha value is -0.140. The molecular formula is C16H21BrINO2. The molecule has 0 radical (unpaired) electrons. The molecule has 1 aliphatic heterocycles. The van der Waals surface area contributed by atoms with Crippen molar-refractivity contribution in [2.45, 2.75) is 51.2 Å². The molecule has 1 fully saturated rings. The molecule has 1 amide bonds. The standard InChI is InChI=1S/C16H21BrINO2/c1-3-16(4-2)10-12(7-8-21-16)19-15(20)13-9-11(17)5-6-14(13)18/h5-6,9,12H,3-4,7-8,10H2,1-2H3,(H,19,20). The Kier molecular flexibility index (Phi) is 6.08. The third-order valence-corrected chi connectivity index (χ3v) is 5.72. The van der Waals surface area contributed by atoms with Gasteiger partial charge in [-0.25, -0.2) is 0 Å². The van der Waals surface area contributed by atoms with Gasteiger partial charge in [0, 0.05) is 20.7 Å². The van der Waals surface area contributed by atoms with Crippen LogP contribution in [0.5, 0.6) is 0 Å². The molecule has 1 N–H and O–H groups in total. The van der Waals surface area contributed by atoms with E-state index in [1.807, 2.05) is 18.2 Å². The third-order valence-electron chi connectivity index (χ3n) is 4.29. The highest BCUT2D eigenvalue weighted by Crippen LogP contribution is 2.31. The molecule has 1 atom stereocenters. The van der Waals surface area contributed by atoms with Gasteiger partial charge in [0.1, 0.15) is 0 Å². The first kappa shape index (κ1) is 17.2. The van der Waals surface area contributed by atoms with Crippen LogP contribution in [0.1, 0.15) is 49.9 Å². The number of ether oxygens (including phenoxy) is 1. The Morgan fingerprint density at radius 2 is 2.19 bits per heavy atom. The number of hydrogen-bond acceptors (Lipinski definition) is 2. The summed E-state index contributed by atoms with van der Waals surface area (Å²) in [6.07, 6.45) is 3.77. The van der Waals surface area contributed by atoms with Crippen LogP contribution in [-0.4, -0.2) is 24.2 Å². The minimum atomic E-state index is -0.0688. The Balaban J connectivity index is 2.07. The van der Waals surface area contributed by atoms with E-state index in [2.05, 4.69) is 57.7 Å². The van der Waals surface area contributed by atoms with Gasteiger partial charge in [0.05, 0.1) is 11.2 Å². The second kappa shape index (κ2) is 7.42. The van der Waals surface area contributed by atoms with E-state index < -0.39 is 0 Å². The Bertz CT molecular complexity index is 517. The van der Waals surface area contributed by atoms with Crippen molar-refractivity contribution in [1.82, 2.24) is 5.32 Å². The van der Waals surface area contributed by atoms with Crippen molar-refractivity contribution >= 4 is 44.4 Å². The fraction of sp³-hybridized carbons (Fsp3) is 0.562. The predicted octanol–water partition coefficient (Wildman–Crippen LogP) is 4.52. The van der Waals surface area contributed by atoms with Gasteiger partial charge in [-0.15, -0.1) is 0 Å². The molecule has 1 saturated heterocycles.